The quantitative estimate of drug-likeness (QED) is 0.700. The lowest BCUT2D eigenvalue weighted by atomic mass is 10.0. The van der Waals surface area contributed by atoms with Crippen molar-refractivity contribution in [3.8, 4) is 0 Å². The van der Waals surface area contributed by atoms with Crippen LogP contribution in [-0.4, -0.2) is 5.78 Å². The number of allylic oxidation sites excluding steroid dienone is 1. The zero-order valence-electron chi connectivity index (χ0n) is 11.2. The highest BCUT2D eigenvalue weighted by atomic mass is 16.1. The third-order valence-corrected chi connectivity index (χ3v) is 3.05. The third kappa shape index (κ3) is 4.22. The average molecular weight is 250 g/mol. The molecule has 0 spiro atoms. The maximum atomic E-state index is 12.0. The highest BCUT2D eigenvalue weighted by Gasteiger charge is 2.04. The molecule has 0 aromatic heterocycles. The van der Waals surface area contributed by atoms with Gasteiger partial charge >= 0.3 is 0 Å². The molecular formula is C18H18O. The minimum Gasteiger partial charge on any atom is -0.294 e. The number of carbonyl (C=O) groups is 1. The van der Waals surface area contributed by atoms with Gasteiger partial charge < -0.3 is 0 Å². The van der Waals surface area contributed by atoms with Gasteiger partial charge in [0.15, 0.2) is 5.78 Å². The molecule has 0 bridgehead atoms. The molecule has 0 atom stereocenters. The molecule has 0 aliphatic rings. The van der Waals surface area contributed by atoms with E-state index in [9.17, 15) is 4.79 Å². The highest BCUT2D eigenvalue weighted by Crippen LogP contribution is 2.13. The summed E-state index contributed by atoms with van der Waals surface area (Å²) in [7, 11) is 0. The minimum atomic E-state index is 0.210. The highest BCUT2D eigenvalue weighted by molar-refractivity contribution is 5.96. The Morgan fingerprint density at radius 2 is 1.47 bits per heavy atom. The number of hydrogen-bond acceptors (Lipinski definition) is 1. The van der Waals surface area contributed by atoms with Crippen LogP contribution in [0.25, 0.3) is 6.08 Å². The van der Waals surface area contributed by atoms with E-state index >= 15 is 0 Å². The lowest BCUT2D eigenvalue weighted by Gasteiger charge is -2.02. The van der Waals surface area contributed by atoms with E-state index < -0.39 is 0 Å². The van der Waals surface area contributed by atoms with Gasteiger partial charge in [0.25, 0.3) is 0 Å². The van der Waals surface area contributed by atoms with Gasteiger partial charge in [0, 0.05) is 12.0 Å². The molecule has 0 N–H and O–H groups in total. The summed E-state index contributed by atoms with van der Waals surface area (Å²) in [5.41, 5.74) is 3.22. The van der Waals surface area contributed by atoms with Crippen molar-refractivity contribution in [3.05, 3.63) is 77.4 Å². The molecule has 1 heteroatoms. The molecule has 0 amide bonds. The zero-order valence-corrected chi connectivity index (χ0v) is 11.2. The fraction of sp³-hybridized carbons (Fsp3) is 0.167. The van der Waals surface area contributed by atoms with E-state index in [4.69, 9.17) is 0 Å². The number of benzene rings is 2. The Morgan fingerprint density at radius 3 is 2.11 bits per heavy atom. The van der Waals surface area contributed by atoms with Gasteiger partial charge in [0.05, 0.1) is 0 Å². The topological polar surface area (TPSA) is 17.1 Å². The van der Waals surface area contributed by atoms with Gasteiger partial charge in [-0.3, -0.25) is 4.79 Å². The van der Waals surface area contributed by atoms with Crippen LogP contribution in [0, 0.1) is 0 Å². The fourth-order valence-electron chi connectivity index (χ4n) is 1.99. The normalized spacial score (nSPS) is 11.3. The molecule has 2 aromatic carbocycles. The first-order valence-electron chi connectivity index (χ1n) is 6.56. The Kier molecular flexibility index (Phi) is 4.68. The maximum Gasteiger partial charge on any atom is 0.163 e. The van der Waals surface area contributed by atoms with Gasteiger partial charge in [-0.1, -0.05) is 72.3 Å². The lowest BCUT2D eigenvalue weighted by molar-refractivity contribution is 0.0983. The summed E-state index contributed by atoms with van der Waals surface area (Å²) in [4.78, 5) is 12.0. The van der Waals surface area contributed by atoms with Gasteiger partial charge in [-0.2, -0.15) is 0 Å². The second-order valence-corrected chi connectivity index (χ2v) is 4.69. The van der Waals surface area contributed by atoms with Gasteiger partial charge in [-0.25, -0.2) is 0 Å². The van der Waals surface area contributed by atoms with Crippen LogP contribution in [-0.2, 0) is 0 Å². The predicted octanol–water partition coefficient (Wildman–Crippen LogP) is 4.75. The average Bonchev–Trinajstić information content (AvgIpc) is 2.47. The van der Waals surface area contributed by atoms with Crippen LogP contribution in [0.1, 0.15) is 35.7 Å². The van der Waals surface area contributed by atoms with Crippen LogP contribution < -0.4 is 0 Å². The van der Waals surface area contributed by atoms with Gasteiger partial charge in [-0.15, -0.1) is 0 Å². The molecule has 19 heavy (non-hydrogen) atoms. The Morgan fingerprint density at radius 1 is 0.895 bits per heavy atom. The molecule has 2 rings (SSSR count). The largest absolute Gasteiger partial charge is 0.294 e. The van der Waals surface area contributed by atoms with E-state index in [1.807, 2.05) is 48.5 Å². The van der Waals surface area contributed by atoms with Crippen LogP contribution >= 0.6 is 0 Å². The van der Waals surface area contributed by atoms with Gasteiger partial charge in [-0.05, 0) is 18.9 Å². The molecule has 0 aliphatic heterocycles. The van der Waals surface area contributed by atoms with Crippen molar-refractivity contribution < 1.29 is 4.79 Å². The molecule has 0 unspecified atom stereocenters. The summed E-state index contributed by atoms with van der Waals surface area (Å²) in [6.07, 6.45) is 3.51. The molecule has 0 radical (unpaired) electrons. The molecule has 2 aromatic rings. The smallest absolute Gasteiger partial charge is 0.163 e. The van der Waals surface area contributed by atoms with Gasteiger partial charge in [0.1, 0.15) is 0 Å². The fourth-order valence-corrected chi connectivity index (χ4v) is 1.99. The molecule has 1 nitrogen and oxygen atoms in total. The Bertz CT molecular complexity index is 553. The summed E-state index contributed by atoms with van der Waals surface area (Å²) in [6.45, 7) is 2.07. The molecular weight excluding hydrogens is 232 g/mol. The van der Waals surface area contributed by atoms with E-state index in [2.05, 4.69) is 25.1 Å². The zero-order chi connectivity index (χ0) is 13.5. The minimum absolute atomic E-state index is 0.210. The van der Waals surface area contributed by atoms with Crippen molar-refractivity contribution >= 4 is 11.9 Å². The molecule has 96 valence electrons. The molecule has 0 aliphatic carbocycles. The van der Waals surface area contributed by atoms with Crippen molar-refractivity contribution in [1.82, 2.24) is 0 Å². The van der Waals surface area contributed by atoms with Crippen molar-refractivity contribution in [2.45, 2.75) is 19.8 Å². The SMILES string of the molecule is C/C(=C\c1ccccc1)CCC(=O)c1ccccc1. The Hall–Kier alpha value is -2.15. The van der Waals surface area contributed by atoms with E-state index in [1.54, 1.807) is 0 Å². The van der Waals surface area contributed by atoms with Crippen LogP contribution in [0.4, 0.5) is 0 Å². The Labute approximate surface area is 114 Å². The van der Waals surface area contributed by atoms with E-state index in [-0.39, 0.29) is 5.78 Å². The first kappa shape index (κ1) is 13.3. The van der Waals surface area contributed by atoms with Crippen LogP contribution in [0.2, 0.25) is 0 Å². The number of Topliss-reactive ketones (excluding diaryl/α,β-unsaturated/α-hetero) is 1. The number of ketones is 1. The molecule has 0 saturated heterocycles. The summed E-state index contributed by atoms with van der Waals surface area (Å²) >= 11 is 0. The van der Waals surface area contributed by atoms with Crippen molar-refractivity contribution in [2.24, 2.45) is 0 Å². The molecule has 0 heterocycles. The van der Waals surface area contributed by atoms with Crippen LogP contribution in [0.5, 0.6) is 0 Å². The molecule has 0 saturated carbocycles. The summed E-state index contributed by atoms with van der Waals surface area (Å²) in [5.74, 6) is 0.210. The number of carbonyl (C=O) groups excluding carboxylic acids is 1. The van der Waals surface area contributed by atoms with E-state index in [0.717, 1.165) is 12.0 Å². The first-order valence-corrected chi connectivity index (χ1v) is 6.56. The van der Waals surface area contributed by atoms with E-state index in [0.29, 0.717) is 6.42 Å². The maximum absolute atomic E-state index is 12.0. The number of hydrogen-bond donors (Lipinski definition) is 0. The van der Waals surface area contributed by atoms with Crippen LogP contribution in [0.3, 0.4) is 0 Å². The number of rotatable bonds is 5. The standard InChI is InChI=1S/C18H18O/c1-15(14-16-8-4-2-5-9-16)12-13-18(19)17-10-6-3-7-11-17/h2-11,14H,12-13H2,1H3/b15-14+. The second kappa shape index (κ2) is 6.69. The predicted molar refractivity (Wildman–Crippen MR) is 80.1 cm³/mol. The van der Waals surface area contributed by atoms with E-state index in [1.165, 1.54) is 11.1 Å². The monoisotopic (exact) mass is 250 g/mol. The van der Waals surface area contributed by atoms with Crippen molar-refractivity contribution in [2.75, 3.05) is 0 Å². The Balaban J connectivity index is 1.92. The lowest BCUT2D eigenvalue weighted by Crippen LogP contribution is -1.98. The van der Waals surface area contributed by atoms with Crippen LogP contribution in [0.15, 0.2) is 66.2 Å². The summed E-state index contributed by atoms with van der Waals surface area (Å²) < 4.78 is 0. The van der Waals surface area contributed by atoms with Gasteiger partial charge in [0.2, 0.25) is 0 Å². The van der Waals surface area contributed by atoms with Crippen molar-refractivity contribution in [3.63, 3.8) is 0 Å². The van der Waals surface area contributed by atoms with Crippen molar-refractivity contribution in [1.29, 1.82) is 0 Å². The second-order valence-electron chi connectivity index (χ2n) is 4.69. The molecule has 0 fully saturated rings. The first-order chi connectivity index (χ1) is 9.25. The summed E-state index contributed by atoms with van der Waals surface area (Å²) in [5, 5.41) is 0. The summed E-state index contributed by atoms with van der Waals surface area (Å²) in [6, 6.07) is 19.7. The third-order valence-electron chi connectivity index (χ3n) is 3.05.